The fraction of sp³-hybridized carbons (Fsp3) is 0.357. The van der Waals surface area contributed by atoms with Crippen molar-refractivity contribution in [2.75, 3.05) is 35.3 Å². The van der Waals surface area contributed by atoms with Crippen LogP contribution in [0.25, 0.3) is 0 Å². The number of ether oxygens (including phenoxy) is 1. The lowest BCUT2D eigenvalue weighted by Gasteiger charge is -2.23. The molecule has 2 aliphatic heterocycles. The van der Waals surface area contributed by atoms with Crippen molar-refractivity contribution in [3.8, 4) is 0 Å². The number of amides is 3. The van der Waals surface area contributed by atoms with E-state index in [2.05, 4.69) is 9.73 Å². The van der Waals surface area contributed by atoms with E-state index in [1.54, 1.807) is 19.0 Å². The second-order valence-corrected chi connectivity index (χ2v) is 5.18. The Morgan fingerprint density at radius 2 is 1.61 bits per heavy atom. The zero-order valence-electron chi connectivity index (χ0n) is 13.4. The lowest BCUT2D eigenvalue weighted by Crippen LogP contribution is -2.43. The SMILES string of the molecule is COC(=O)C1=C2C(=O)N(C)C(/N=C\N(C)C)=C2C(=O)N(C)C1=O. The van der Waals surface area contributed by atoms with Gasteiger partial charge in [0.05, 0.1) is 24.6 Å². The summed E-state index contributed by atoms with van der Waals surface area (Å²) in [6, 6.07) is 0. The van der Waals surface area contributed by atoms with Crippen LogP contribution in [-0.4, -0.2) is 80.0 Å². The number of aliphatic imine (C=N–C) groups is 1. The molecule has 0 aliphatic carbocycles. The summed E-state index contributed by atoms with van der Waals surface area (Å²) >= 11 is 0. The second-order valence-electron chi connectivity index (χ2n) is 5.18. The standard InChI is InChI=1S/C14H16N4O5/c1-16(2)6-15-10-8-7(11(19)17(10)3)9(14(22)23-5)13(21)18(4)12(8)20/h6H,1-5H3/b15-6-. The monoisotopic (exact) mass is 320 g/mol. The predicted octanol–water partition coefficient (Wildman–Crippen LogP) is -1.27. The molecule has 0 aromatic heterocycles. The number of imide groups is 1. The van der Waals surface area contributed by atoms with Crippen molar-refractivity contribution in [1.82, 2.24) is 14.7 Å². The van der Waals surface area contributed by atoms with Gasteiger partial charge in [-0.15, -0.1) is 0 Å². The Kier molecular flexibility index (Phi) is 4.04. The van der Waals surface area contributed by atoms with Gasteiger partial charge in [-0.1, -0.05) is 0 Å². The average molecular weight is 320 g/mol. The molecular formula is C14H16N4O5. The molecule has 0 aromatic rings. The third-order valence-electron chi connectivity index (χ3n) is 3.40. The Bertz CT molecular complexity index is 717. The van der Waals surface area contributed by atoms with Crippen LogP contribution in [0.5, 0.6) is 0 Å². The minimum Gasteiger partial charge on any atom is -0.465 e. The Balaban J connectivity index is 2.79. The van der Waals surface area contributed by atoms with Gasteiger partial charge in [0.1, 0.15) is 5.57 Å². The first-order chi connectivity index (χ1) is 10.7. The number of hydrogen-bond acceptors (Lipinski definition) is 6. The molecule has 23 heavy (non-hydrogen) atoms. The summed E-state index contributed by atoms with van der Waals surface area (Å²) in [6.07, 6.45) is 1.41. The summed E-state index contributed by atoms with van der Waals surface area (Å²) in [5.74, 6) is -3.12. The minimum atomic E-state index is -0.971. The summed E-state index contributed by atoms with van der Waals surface area (Å²) in [5.41, 5.74) is -0.812. The van der Waals surface area contributed by atoms with Crippen LogP contribution in [0.4, 0.5) is 0 Å². The molecule has 0 unspecified atom stereocenters. The molecule has 3 amide bonds. The van der Waals surface area contributed by atoms with E-state index < -0.39 is 29.3 Å². The third-order valence-corrected chi connectivity index (χ3v) is 3.40. The van der Waals surface area contributed by atoms with Crippen LogP contribution in [-0.2, 0) is 23.9 Å². The van der Waals surface area contributed by atoms with E-state index in [4.69, 9.17) is 0 Å². The molecule has 0 spiro atoms. The molecule has 0 radical (unpaired) electrons. The largest absolute Gasteiger partial charge is 0.465 e. The number of nitrogens with zero attached hydrogens (tertiary/aromatic N) is 4. The Labute approximate surface area is 132 Å². The van der Waals surface area contributed by atoms with Crippen LogP contribution in [0.2, 0.25) is 0 Å². The van der Waals surface area contributed by atoms with E-state index in [9.17, 15) is 19.2 Å². The molecular weight excluding hydrogens is 304 g/mol. The van der Waals surface area contributed by atoms with Crippen molar-refractivity contribution in [2.45, 2.75) is 0 Å². The zero-order chi connectivity index (χ0) is 17.5. The molecule has 2 aliphatic rings. The van der Waals surface area contributed by atoms with Gasteiger partial charge < -0.3 is 9.64 Å². The maximum atomic E-state index is 12.4. The number of carbonyl (C=O) groups excluding carboxylic acids is 4. The third kappa shape index (κ3) is 2.39. The fourth-order valence-electron chi connectivity index (χ4n) is 2.23. The number of methoxy groups -OCH3 is 1. The van der Waals surface area contributed by atoms with E-state index >= 15 is 0 Å². The summed E-state index contributed by atoms with van der Waals surface area (Å²) in [7, 11) is 7.18. The zero-order valence-corrected chi connectivity index (χ0v) is 13.4. The molecule has 0 saturated carbocycles. The number of esters is 1. The number of hydrogen-bond donors (Lipinski definition) is 0. The first-order valence-electron chi connectivity index (χ1n) is 6.60. The highest BCUT2D eigenvalue weighted by atomic mass is 16.5. The van der Waals surface area contributed by atoms with Crippen molar-refractivity contribution >= 4 is 30.0 Å². The van der Waals surface area contributed by atoms with Crippen LogP contribution in [0.3, 0.4) is 0 Å². The molecule has 0 aromatic carbocycles. The van der Waals surface area contributed by atoms with Gasteiger partial charge in [-0.3, -0.25) is 24.2 Å². The molecule has 0 atom stereocenters. The van der Waals surface area contributed by atoms with Crippen LogP contribution in [0.15, 0.2) is 27.5 Å². The number of fused-ring (bicyclic) bond motifs is 1. The van der Waals surface area contributed by atoms with Crippen molar-refractivity contribution < 1.29 is 23.9 Å². The van der Waals surface area contributed by atoms with E-state index in [0.717, 1.165) is 16.9 Å². The van der Waals surface area contributed by atoms with Gasteiger partial charge in [0.15, 0.2) is 5.82 Å². The molecule has 2 heterocycles. The molecule has 0 saturated heterocycles. The van der Waals surface area contributed by atoms with Crippen LogP contribution in [0.1, 0.15) is 0 Å². The Morgan fingerprint density at radius 1 is 1.04 bits per heavy atom. The van der Waals surface area contributed by atoms with Gasteiger partial charge in [-0.2, -0.15) is 0 Å². The van der Waals surface area contributed by atoms with Crippen LogP contribution in [0, 0.1) is 0 Å². The first-order valence-corrected chi connectivity index (χ1v) is 6.60. The van der Waals surface area contributed by atoms with E-state index in [0.29, 0.717) is 0 Å². The summed E-state index contributed by atoms with van der Waals surface area (Å²) in [5, 5.41) is 0. The summed E-state index contributed by atoms with van der Waals surface area (Å²) in [4.78, 5) is 56.6. The van der Waals surface area contributed by atoms with E-state index in [1.165, 1.54) is 20.4 Å². The van der Waals surface area contributed by atoms with Gasteiger partial charge in [0.25, 0.3) is 17.7 Å². The van der Waals surface area contributed by atoms with Gasteiger partial charge in [0.2, 0.25) is 0 Å². The maximum Gasteiger partial charge on any atom is 0.344 e. The highest BCUT2D eigenvalue weighted by Crippen LogP contribution is 2.36. The van der Waals surface area contributed by atoms with Gasteiger partial charge in [-0.25, -0.2) is 9.79 Å². The quantitative estimate of drug-likeness (QED) is 0.211. The second kappa shape index (κ2) is 5.67. The van der Waals surface area contributed by atoms with Gasteiger partial charge >= 0.3 is 5.97 Å². The number of rotatable bonds is 3. The highest BCUT2D eigenvalue weighted by Gasteiger charge is 2.48. The number of carbonyl (C=O) groups is 4. The van der Waals surface area contributed by atoms with Crippen molar-refractivity contribution in [3.63, 3.8) is 0 Å². The molecule has 0 N–H and O–H groups in total. The summed E-state index contributed by atoms with van der Waals surface area (Å²) in [6.45, 7) is 0. The first kappa shape index (κ1) is 16.4. The average Bonchev–Trinajstić information content (AvgIpc) is 2.75. The topological polar surface area (TPSA) is 99.6 Å². The van der Waals surface area contributed by atoms with E-state index in [-0.39, 0.29) is 17.0 Å². The minimum absolute atomic E-state index is 0.0736. The van der Waals surface area contributed by atoms with Crippen molar-refractivity contribution in [2.24, 2.45) is 4.99 Å². The summed E-state index contributed by atoms with van der Waals surface area (Å²) < 4.78 is 4.57. The van der Waals surface area contributed by atoms with Gasteiger partial charge in [0, 0.05) is 28.2 Å². The normalized spacial score (nSPS) is 18.4. The molecule has 2 rings (SSSR count). The predicted molar refractivity (Wildman–Crippen MR) is 78.8 cm³/mol. The van der Waals surface area contributed by atoms with Gasteiger partial charge in [-0.05, 0) is 0 Å². The molecule has 9 nitrogen and oxygen atoms in total. The molecule has 0 fully saturated rings. The van der Waals surface area contributed by atoms with Crippen molar-refractivity contribution in [1.29, 1.82) is 0 Å². The van der Waals surface area contributed by atoms with Crippen LogP contribution >= 0.6 is 0 Å². The maximum absolute atomic E-state index is 12.4. The molecule has 0 bridgehead atoms. The van der Waals surface area contributed by atoms with Crippen LogP contribution < -0.4 is 0 Å². The highest BCUT2D eigenvalue weighted by molar-refractivity contribution is 6.33. The smallest absolute Gasteiger partial charge is 0.344 e. The molecule has 122 valence electrons. The van der Waals surface area contributed by atoms with E-state index in [1.807, 2.05) is 0 Å². The number of likely N-dealkylation sites (N-methyl/N-ethyl adjacent to an activating group) is 2. The fourth-order valence-corrected chi connectivity index (χ4v) is 2.23. The lowest BCUT2D eigenvalue weighted by molar-refractivity contribution is -0.144. The Hall–Kier alpha value is -2.97. The Morgan fingerprint density at radius 3 is 2.13 bits per heavy atom. The molecule has 9 heteroatoms. The van der Waals surface area contributed by atoms with Crippen molar-refractivity contribution in [3.05, 3.63) is 22.5 Å². The lowest BCUT2D eigenvalue weighted by atomic mass is 9.95.